The van der Waals surface area contributed by atoms with Crippen molar-refractivity contribution < 1.29 is 24.4 Å². The Morgan fingerprint density at radius 2 is 1.94 bits per heavy atom. The van der Waals surface area contributed by atoms with Crippen molar-refractivity contribution in [3.05, 3.63) is 77.4 Å². The van der Waals surface area contributed by atoms with Crippen LogP contribution in [0.25, 0.3) is 0 Å². The van der Waals surface area contributed by atoms with Crippen LogP contribution in [0.3, 0.4) is 0 Å². The molecule has 10 nitrogen and oxygen atoms in total. The third-order valence-corrected chi connectivity index (χ3v) is 5.10. The lowest BCUT2D eigenvalue weighted by atomic mass is 10.1. The van der Waals surface area contributed by atoms with E-state index >= 15 is 0 Å². The highest BCUT2D eigenvalue weighted by Crippen LogP contribution is 2.16. The average Bonchev–Trinajstić information content (AvgIpc) is 3.41. The van der Waals surface area contributed by atoms with E-state index in [0.29, 0.717) is 5.70 Å². The smallest absolute Gasteiger partial charge is 0.274 e. The fourth-order valence-corrected chi connectivity index (χ4v) is 3.41. The minimum absolute atomic E-state index is 0.0394. The van der Waals surface area contributed by atoms with Gasteiger partial charge in [0, 0.05) is 24.8 Å². The van der Waals surface area contributed by atoms with Gasteiger partial charge in [-0.2, -0.15) is 9.67 Å². The second-order valence-electron chi connectivity index (χ2n) is 7.33. The van der Waals surface area contributed by atoms with Crippen LogP contribution in [-0.2, 0) is 7.05 Å². The van der Waals surface area contributed by atoms with Crippen LogP contribution in [0, 0.1) is 0 Å². The number of hydrogen-bond donors (Lipinski definition) is 4. The summed E-state index contributed by atoms with van der Waals surface area (Å²) in [5.74, 6) is -1.13. The Balaban J connectivity index is 1.51. The Labute approximate surface area is 183 Å². The predicted molar refractivity (Wildman–Crippen MR) is 116 cm³/mol. The molecule has 2 aliphatic heterocycles. The number of benzene rings is 1. The molecule has 32 heavy (non-hydrogen) atoms. The number of carbonyl (C=O) groups excluding carboxylic acids is 2. The van der Waals surface area contributed by atoms with Crippen LogP contribution in [0.1, 0.15) is 26.4 Å². The van der Waals surface area contributed by atoms with E-state index in [1.165, 1.54) is 10.9 Å². The monoisotopic (exact) mass is 435 g/mol. The van der Waals surface area contributed by atoms with Gasteiger partial charge < -0.3 is 20.8 Å². The summed E-state index contributed by atoms with van der Waals surface area (Å²) < 4.78 is 3.23. The van der Waals surface area contributed by atoms with Crippen molar-refractivity contribution in [2.24, 2.45) is 12.0 Å². The van der Waals surface area contributed by atoms with Gasteiger partial charge in [-0.3, -0.25) is 14.3 Å². The van der Waals surface area contributed by atoms with E-state index in [-0.39, 0.29) is 17.4 Å². The highest BCUT2D eigenvalue weighted by Gasteiger charge is 2.29. The first-order valence-corrected chi connectivity index (χ1v) is 10.0. The zero-order chi connectivity index (χ0) is 22.7. The molecule has 1 aromatic heterocycles. The van der Waals surface area contributed by atoms with Gasteiger partial charge in [0.1, 0.15) is 11.4 Å². The number of nitrogens with zero attached hydrogens (tertiary/aromatic N) is 4. The largest absolute Gasteiger partial charge is 0.394 e. The number of aromatic nitrogens is 2. The minimum atomic E-state index is -0.830. The molecule has 10 heteroatoms. The van der Waals surface area contributed by atoms with Crippen LogP contribution in [-0.4, -0.2) is 73.7 Å². The zero-order valence-corrected chi connectivity index (χ0v) is 17.3. The van der Waals surface area contributed by atoms with Crippen molar-refractivity contribution in [3.8, 4) is 0 Å². The summed E-state index contributed by atoms with van der Waals surface area (Å²) in [6.07, 6.45) is 8.31. The number of amides is 2. The number of hydrogen-bond acceptors (Lipinski definition) is 6. The van der Waals surface area contributed by atoms with Crippen LogP contribution in [0.5, 0.6) is 0 Å². The van der Waals surface area contributed by atoms with E-state index in [1.807, 2.05) is 53.4 Å². The predicted octanol–water partition coefficient (Wildman–Crippen LogP) is -0.444. The molecule has 1 unspecified atom stereocenters. The zero-order valence-electron chi connectivity index (χ0n) is 17.3. The number of allylic oxidation sites excluding steroid dienone is 1. The van der Waals surface area contributed by atoms with Crippen molar-refractivity contribution >= 4 is 23.7 Å². The standard InChI is InChI=1S/C22H22N6O4/c1-27-20(17(10-23-27)21(31)25-16(12-29)13-30)22(32)24-15-7-8-28-11-18(26-19(28)9-15)14-5-3-2-4-6-14/h2-11,16,19,29-30H,12-13H2,1H3,(H-,24,25,31,32)/p+1. The number of fused-ring (bicyclic) bond motifs is 1. The maximum Gasteiger partial charge on any atom is 0.274 e. The fraction of sp³-hybridized carbons (Fsp3) is 0.227. The molecule has 164 valence electrons. The van der Waals surface area contributed by atoms with E-state index in [9.17, 15) is 19.8 Å². The maximum atomic E-state index is 12.9. The lowest BCUT2D eigenvalue weighted by molar-refractivity contribution is -0.476. The van der Waals surface area contributed by atoms with Gasteiger partial charge in [-0.1, -0.05) is 30.3 Å². The maximum absolute atomic E-state index is 12.9. The Hall–Kier alpha value is -3.89. The molecule has 2 aliphatic rings. The number of aliphatic hydroxyl groups excluding tert-OH is 2. The van der Waals surface area contributed by atoms with Gasteiger partial charge in [0.15, 0.2) is 12.4 Å². The normalized spacial score (nSPS) is 16.9. The molecule has 0 radical (unpaired) electrons. The number of aliphatic imine (C=N–C) groups is 1. The molecule has 2 amide bonds. The molecule has 2 aromatic rings. The summed E-state index contributed by atoms with van der Waals surface area (Å²) in [5, 5.41) is 27.6. The van der Waals surface area contributed by atoms with Crippen LogP contribution in [0.4, 0.5) is 0 Å². The summed E-state index contributed by atoms with van der Waals surface area (Å²) in [4.78, 5) is 30.1. The third kappa shape index (κ3) is 4.27. The van der Waals surface area contributed by atoms with Gasteiger partial charge in [0.05, 0.1) is 36.7 Å². The van der Waals surface area contributed by atoms with Crippen LogP contribution < -0.4 is 10.6 Å². The molecule has 0 aliphatic carbocycles. The van der Waals surface area contributed by atoms with Gasteiger partial charge in [0.2, 0.25) is 0 Å². The highest BCUT2D eigenvalue weighted by molar-refractivity contribution is 6.37. The van der Waals surface area contributed by atoms with E-state index in [1.54, 1.807) is 13.1 Å². The molecule has 4 rings (SSSR count). The van der Waals surface area contributed by atoms with Crippen molar-refractivity contribution in [1.82, 2.24) is 20.4 Å². The molecule has 0 saturated carbocycles. The molecular formula is C22H23N6O4+. The summed E-state index contributed by atoms with van der Waals surface area (Å²) in [6.45, 7) is -0.857. The first-order valence-electron chi connectivity index (χ1n) is 10.0. The molecule has 0 fully saturated rings. The van der Waals surface area contributed by atoms with Gasteiger partial charge >= 0.3 is 0 Å². The topological polar surface area (TPSA) is 132 Å². The van der Waals surface area contributed by atoms with E-state index in [0.717, 1.165) is 11.3 Å². The number of rotatable bonds is 7. The number of nitrogens with one attached hydrogen (secondary N) is 2. The van der Waals surface area contributed by atoms with Crippen LogP contribution in [0.2, 0.25) is 0 Å². The first-order chi connectivity index (χ1) is 15.5. The first kappa shape index (κ1) is 21.3. The van der Waals surface area contributed by atoms with Crippen molar-refractivity contribution in [2.75, 3.05) is 13.2 Å². The summed E-state index contributed by atoms with van der Waals surface area (Å²) >= 11 is 0. The summed E-state index contributed by atoms with van der Waals surface area (Å²) in [7, 11) is 1.55. The average molecular weight is 435 g/mol. The molecule has 1 aromatic carbocycles. The quantitative estimate of drug-likeness (QED) is 0.438. The third-order valence-electron chi connectivity index (χ3n) is 5.10. The molecule has 4 N–H and O–H groups in total. The Morgan fingerprint density at radius 3 is 2.66 bits per heavy atom. The Morgan fingerprint density at radius 1 is 1.19 bits per heavy atom. The fourth-order valence-electron chi connectivity index (χ4n) is 3.41. The second kappa shape index (κ2) is 9.08. The molecule has 0 spiro atoms. The van der Waals surface area contributed by atoms with Crippen molar-refractivity contribution in [2.45, 2.75) is 12.2 Å². The highest BCUT2D eigenvalue weighted by atomic mass is 16.3. The minimum Gasteiger partial charge on any atom is -0.394 e. The molecular weight excluding hydrogens is 412 g/mol. The van der Waals surface area contributed by atoms with E-state index in [4.69, 9.17) is 4.99 Å². The van der Waals surface area contributed by atoms with E-state index in [2.05, 4.69) is 15.7 Å². The molecule has 0 bridgehead atoms. The van der Waals surface area contributed by atoms with Crippen LogP contribution >= 0.6 is 0 Å². The van der Waals surface area contributed by atoms with Crippen molar-refractivity contribution in [1.29, 1.82) is 0 Å². The van der Waals surface area contributed by atoms with E-state index < -0.39 is 31.1 Å². The Bertz CT molecular complexity index is 1160. The SMILES string of the molecule is Cn1ncc(C(=O)NC(CO)CO)c1C(=O)NC1=CC2N=C(c3ccccc3)C=[N+]2C=C1. The number of aryl methyl sites for hydroxylation is 1. The van der Waals surface area contributed by atoms with Crippen LogP contribution in [0.15, 0.2) is 65.6 Å². The number of carbonyl (C=O) groups is 2. The summed E-state index contributed by atoms with van der Waals surface area (Å²) in [6, 6.07) is 8.98. The van der Waals surface area contributed by atoms with Gasteiger partial charge in [-0.25, -0.2) is 4.99 Å². The lowest BCUT2D eigenvalue weighted by Crippen LogP contribution is -2.41. The second-order valence-corrected chi connectivity index (χ2v) is 7.33. The van der Waals surface area contributed by atoms with Gasteiger partial charge in [0.25, 0.3) is 18.0 Å². The number of aliphatic hydroxyl groups is 2. The molecule has 0 saturated heterocycles. The van der Waals surface area contributed by atoms with Gasteiger partial charge in [-0.05, 0) is 0 Å². The lowest BCUT2D eigenvalue weighted by Gasteiger charge is -2.14. The van der Waals surface area contributed by atoms with Gasteiger partial charge in [-0.15, -0.1) is 0 Å². The Kier molecular flexibility index (Phi) is 6.06. The molecule has 1 atom stereocenters. The molecule has 3 heterocycles. The van der Waals surface area contributed by atoms with Crippen molar-refractivity contribution in [3.63, 3.8) is 0 Å². The summed E-state index contributed by atoms with van der Waals surface area (Å²) in [5.41, 5.74) is 2.48.